The van der Waals surface area contributed by atoms with Gasteiger partial charge in [-0.15, -0.1) is 0 Å². The predicted octanol–water partition coefficient (Wildman–Crippen LogP) is 3.42. The molecule has 2 aromatic carbocycles. The number of halogens is 1. The van der Waals surface area contributed by atoms with Crippen molar-refractivity contribution in [3.63, 3.8) is 0 Å². The fourth-order valence-corrected chi connectivity index (χ4v) is 3.33. The average molecular weight is 428 g/mol. The minimum atomic E-state index is -0.745. The van der Waals surface area contributed by atoms with Gasteiger partial charge in [-0.05, 0) is 29.3 Å². The molecule has 3 rings (SSSR count). The minimum absolute atomic E-state index is 0.0166. The number of benzene rings is 2. The highest BCUT2D eigenvalue weighted by molar-refractivity contribution is 9.10. The Labute approximate surface area is 165 Å². The maximum Gasteiger partial charge on any atom is 0.290 e. The number of nitrogens with zero attached hydrogens (tertiary/aromatic N) is 1. The lowest BCUT2D eigenvalue weighted by Gasteiger charge is -2.25. The van der Waals surface area contributed by atoms with Gasteiger partial charge in [-0.3, -0.25) is 9.59 Å². The van der Waals surface area contributed by atoms with Gasteiger partial charge in [-0.2, -0.15) is 0 Å². The van der Waals surface area contributed by atoms with Crippen molar-refractivity contribution in [2.24, 2.45) is 0 Å². The first-order valence-corrected chi connectivity index (χ1v) is 9.20. The number of β-amino-alcohol motifs (C(OH)–C–C–N with tert-alkyl or cyclic N) is 1. The summed E-state index contributed by atoms with van der Waals surface area (Å²) in [7, 11) is 0. The van der Waals surface area contributed by atoms with E-state index in [1.54, 1.807) is 30.3 Å². The van der Waals surface area contributed by atoms with Gasteiger partial charge in [-0.25, -0.2) is 0 Å². The van der Waals surface area contributed by atoms with Crippen molar-refractivity contribution >= 4 is 33.7 Å². The first kappa shape index (κ1) is 19.1. The van der Waals surface area contributed by atoms with Crippen LogP contribution in [0.25, 0.3) is 6.08 Å². The summed E-state index contributed by atoms with van der Waals surface area (Å²) in [6, 6.07) is 15.7. The zero-order valence-corrected chi connectivity index (χ0v) is 16.0. The molecule has 1 aliphatic heterocycles. The van der Waals surface area contributed by atoms with Crippen LogP contribution in [0.2, 0.25) is 0 Å². The first-order chi connectivity index (χ1) is 13.0. The van der Waals surface area contributed by atoms with Gasteiger partial charge in [0.25, 0.3) is 5.91 Å². The molecule has 0 spiro atoms. The van der Waals surface area contributed by atoms with E-state index in [1.807, 2.05) is 30.3 Å². The molecule has 0 aliphatic carbocycles. The molecule has 5 nitrogen and oxygen atoms in total. The quantitative estimate of drug-likeness (QED) is 0.692. The van der Waals surface area contributed by atoms with Crippen molar-refractivity contribution in [2.75, 3.05) is 13.2 Å². The van der Waals surface area contributed by atoms with Gasteiger partial charge in [0, 0.05) is 11.0 Å². The SMILES string of the molecule is O=C(/C=C/c1ccccc1)C1=C(O)C(=O)N(CCO)[C@H]1c1ccc(Br)cc1. The van der Waals surface area contributed by atoms with E-state index >= 15 is 0 Å². The maximum atomic E-state index is 12.8. The molecule has 27 heavy (non-hydrogen) atoms. The summed E-state index contributed by atoms with van der Waals surface area (Å²) in [6.07, 6.45) is 2.99. The molecular weight excluding hydrogens is 410 g/mol. The lowest BCUT2D eigenvalue weighted by Crippen LogP contribution is -2.33. The van der Waals surface area contributed by atoms with Crippen molar-refractivity contribution in [1.29, 1.82) is 0 Å². The molecule has 0 aromatic heterocycles. The number of rotatable bonds is 6. The Morgan fingerprint density at radius 2 is 1.78 bits per heavy atom. The van der Waals surface area contributed by atoms with Gasteiger partial charge in [0.05, 0.1) is 18.2 Å². The van der Waals surface area contributed by atoms with Crippen LogP contribution in [0.15, 0.2) is 76.5 Å². The molecule has 0 saturated heterocycles. The van der Waals surface area contributed by atoms with Crippen LogP contribution < -0.4 is 0 Å². The number of hydrogen-bond acceptors (Lipinski definition) is 4. The van der Waals surface area contributed by atoms with E-state index in [2.05, 4.69) is 15.9 Å². The van der Waals surface area contributed by atoms with Crippen molar-refractivity contribution in [3.8, 4) is 0 Å². The number of allylic oxidation sites excluding steroid dienone is 1. The summed E-state index contributed by atoms with van der Waals surface area (Å²) >= 11 is 3.36. The molecule has 138 valence electrons. The number of ketones is 1. The predicted molar refractivity (Wildman–Crippen MR) is 106 cm³/mol. The summed E-state index contributed by atoms with van der Waals surface area (Å²) in [6.45, 7) is -0.254. The Kier molecular flexibility index (Phi) is 5.88. The summed E-state index contributed by atoms with van der Waals surface area (Å²) in [5.41, 5.74) is 1.53. The minimum Gasteiger partial charge on any atom is -0.503 e. The summed E-state index contributed by atoms with van der Waals surface area (Å²) in [4.78, 5) is 26.6. The molecule has 1 amide bonds. The Balaban J connectivity index is 1.98. The second-order valence-electron chi connectivity index (χ2n) is 6.05. The number of aliphatic hydroxyl groups excluding tert-OH is 2. The van der Waals surface area contributed by atoms with E-state index in [-0.39, 0.29) is 18.7 Å². The highest BCUT2D eigenvalue weighted by Gasteiger charge is 2.42. The van der Waals surface area contributed by atoms with Crippen molar-refractivity contribution < 1.29 is 19.8 Å². The van der Waals surface area contributed by atoms with Crippen LogP contribution in [0, 0.1) is 0 Å². The molecule has 0 unspecified atom stereocenters. The summed E-state index contributed by atoms with van der Waals surface area (Å²) in [5, 5.41) is 19.7. The fraction of sp³-hybridized carbons (Fsp3) is 0.143. The second-order valence-corrected chi connectivity index (χ2v) is 6.96. The molecule has 2 N–H and O–H groups in total. The Morgan fingerprint density at radius 1 is 1.11 bits per heavy atom. The zero-order chi connectivity index (χ0) is 19.4. The molecule has 0 radical (unpaired) electrons. The molecule has 2 aromatic rings. The highest BCUT2D eigenvalue weighted by atomic mass is 79.9. The van der Waals surface area contributed by atoms with E-state index in [0.717, 1.165) is 10.0 Å². The number of hydrogen-bond donors (Lipinski definition) is 2. The van der Waals surface area contributed by atoms with Crippen LogP contribution in [0.3, 0.4) is 0 Å². The molecule has 6 heteroatoms. The van der Waals surface area contributed by atoms with E-state index in [9.17, 15) is 19.8 Å². The van der Waals surface area contributed by atoms with Gasteiger partial charge in [-0.1, -0.05) is 64.5 Å². The van der Waals surface area contributed by atoms with Crippen molar-refractivity contribution in [2.45, 2.75) is 6.04 Å². The largest absolute Gasteiger partial charge is 0.503 e. The lowest BCUT2D eigenvalue weighted by molar-refractivity contribution is -0.129. The Morgan fingerprint density at radius 3 is 2.41 bits per heavy atom. The number of aliphatic hydroxyl groups is 2. The van der Waals surface area contributed by atoms with Crippen LogP contribution in [-0.2, 0) is 9.59 Å². The number of amides is 1. The van der Waals surface area contributed by atoms with Crippen molar-refractivity contribution in [1.82, 2.24) is 4.90 Å². The molecule has 0 bridgehead atoms. The normalized spacial score (nSPS) is 17.2. The molecule has 1 atom stereocenters. The van der Waals surface area contributed by atoms with Crippen LogP contribution in [0.5, 0.6) is 0 Å². The highest BCUT2D eigenvalue weighted by Crippen LogP contribution is 2.38. The van der Waals surface area contributed by atoms with Gasteiger partial charge in [0.15, 0.2) is 11.5 Å². The molecular formula is C21H18BrNO4. The van der Waals surface area contributed by atoms with E-state index in [0.29, 0.717) is 5.56 Å². The molecule has 0 saturated carbocycles. The zero-order valence-electron chi connectivity index (χ0n) is 14.4. The van der Waals surface area contributed by atoms with E-state index in [4.69, 9.17) is 0 Å². The molecule has 1 aliphatic rings. The third kappa shape index (κ3) is 4.02. The molecule has 0 fully saturated rings. The Hall–Kier alpha value is -2.70. The number of carbonyl (C=O) groups is 2. The average Bonchev–Trinajstić information content (AvgIpc) is 2.93. The van der Waals surface area contributed by atoms with E-state index < -0.39 is 23.5 Å². The van der Waals surface area contributed by atoms with Crippen LogP contribution in [0.4, 0.5) is 0 Å². The van der Waals surface area contributed by atoms with Gasteiger partial charge in [0.2, 0.25) is 0 Å². The van der Waals surface area contributed by atoms with Crippen LogP contribution >= 0.6 is 15.9 Å². The van der Waals surface area contributed by atoms with Gasteiger partial charge < -0.3 is 15.1 Å². The third-order valence-electron chi connectivity index (χ3n) is 4.32. The smallest absolute Gasteiger partial charge is 0.290 e. The monoisotopic (exact) mass is 427 g/mol. The Bertz CT molecular complexity index is 904. The molecule has 1 heterocycles. The lowest BCUT2D eigenvalue weighted by atomic mass is 9.95. The van der Waals surface area contributed by atoms with Crippen LogP contribution in [-0.4, -0.2) is 40.0 Å². The second kappa shape index (κ2) is 8.33. The third-order valence-corrected chi connectivity index (χ3v) is 4.85. The summed E-state index contributed by atoms with van der Waals surface area (Å²) in [5.74, 6) is -1.68. The van der Waals surface area contributed by atoms with E-state index in [1.165, 1.54) is 11.0 Å². The van der Waals surface area contributed by atoms with Crippen LogP contribution in [0.1, 0.15) is 17.2 Å². The topological polar surface area (TPSA) is 77.8 Å². The van der Waals surface area contributed by atoms with Gasteiger partial charge >= 0.3 is 0 Å². The number of carbonyl (C=O) groups excluding carboxylic acids is 2. The first-order valence-electron chi connectivity index (χ1n) is 8.41. The van der Waals surface area contributed by atoms with Gasteiger partial charge in [0.1, 0.15) is 0 Å². The standard InChI is InChI=1S/C21H18BrNO4/c22-16-9-7-15(8-10-16)19-18(20(26)21(27)23(19)12-13-24)17(25)11-6-14-4-2-1-3-5-14/h1-11,19,24,26H,12-13H2/b11-6+/t19-/m0/s1. The maximum absolute atomic E-state index is 12.8. The fourth-order valence-electron chi connectivity index (χ4n) is 3.06. The van der Waals surface area contributed by atoms with Crippen molar-refractivity contribution in [3.05, 3.63) is 87.6 Å². The summed E-state index contributed by atoms with van der Waals surface area (Å²) < 4.78 is 0.856.